The first-order valence-corrected chi connectivity index (χ1v) is 11.4. The first-order valence-electron chi connectivity index (χ1n) is 11.4. The molecule has 7 heteroatoms. The molecule has 0 aliphatic carbocycles. The number of carbonyl (C=O) groups is 2. The van der Waals surface area contributed by atoms with E-state index in [-0.39, 0.29) is 17.8 Å². The average Bonchev–Trinajstić information content (AvgIpc) is 3.10. The summed E-state index contributed by atoms with van der Waals surface area (Å²) in [6.45, 7) is 2.47. The lowest BCUT2D eigenvalue weighted by Gasteiger charge is -2.36. The van der Waals surface area contributed by atoms with Gasteiger partial charge in [-0.2, -0.15) is 0 Å². The van der Waals surface area contributed by atoms with Gasteiger partial charge in [-0.3, -0.25) is 4.79 Å². The summed E-state index contributed by atoms with van der Waals surface area (Å²) in [6, 6.07) is 13.3. The van der Waals surface area contributed by atoms with E-state index in [2.05, 4.69) is 10.6 Å². The molecule has 0 unspecified atom stereocenters. The second-order valence-corrected chi connectivity index (χ2v) is 8.57. The number of amides is 3. The van der Waals surface area contributed by atoms with Gasteiger partial charge < -0.3 is 20.3 Å². The number of benzene rings is 2. The van der Waals surface area contributed by atoms with Gasteiger partial charge in [-0.25, -0.2) is 9.18 Å². The summed E-state index contributed by atoms with van der Waals surface area (Å²) >= 11 is 0. The smallest absolute Gasteiger partial charge is 0.321 e. The number of halogens is 1. The summed E-state index contributed by atoms with van der Waals surface area (Å²) in [5.74, 6) is -0.529. The molecule has 2 aromatic carbocycles. The van der Waals surface area contributed by atoms with Crippen LogP contribution in [0.3, 0.4) is 0 Å². The van der Waals surface area contributed by atoms with Crippen molar-refractivity contribution in [2.24, 2.45) is 0 Å². The molecule has 0 spiro atoms. The fourth-order valence-electron chi connectivity index (χ4n) is 4.52. The summed E-state index contributed by atoms with van der Waals surface area (Å²) in [5.41, 5.74) is 1.15. The molecular formula is C25H30FN3O3. The summed E-state index contributed by atoms with van der Waals surface area (Å²) in [6.07, 6.45) is 5.40. The minimum atomic E-state index is -0.833. The Bertz CT molecular complexity index is 934. The van der Waals surface area contributed by atoms with Gasteiger partial charge in [0.1, 0.15) is 5.82 Å². The minimum Gasteiger partial charge on any atom is -0.381 e. The molecule has 2 N–H and O–H groups in total. The number of ether oxygens (including phenoxy) is 1. The summed E-state index contributed by atoms with van der Waals surface area (Å²) < 4.78 is 19.4. The number of nitrogens with zero attached hydrogens (tertiary/aromatic N) is 1. The van der Waals surface area contributed by atoms with Crippen molar-refractivity contribution in [3.05, 3.63) is 59.9 Å². The number of likely N-dealkylation sites (tertiary alicyclic amines) is 1. The van der Waals surface area contributed by atoms with Crippen LogP contribution in [0.15, 0.2) is 48.5 Å². The van der Waals surface area contributed by atoms with Gasteiger partial charge in [0, 0.05) is 37.7 Å². The first kappa shape index (κ1) is 22.3. The van der Waals surface area contributed by atoms with E-state index in [1.165, 1.54) is 25.0 Å². The van der Waals surface area contributed by atoms with Gasteiger partial charge in [0.15, 0.2) is 0 Å². The van der Waals surface area contributed by atoms with Crippen LogP contribution in [0, 0.1) is 5.82 Å². The molecule has 2 aliphatic heterocycles. The predicted octanol–water partition coefficient (Wildman–Crippen LogP) is 4.92. The lowest BCUT2D eigenvalue weighted by atomic mass is 9.73. The van der Waals surface area contributed by atoms with E-state index in [9.17, 15) is 14.0 Å². The second kappa shape index (κ2) is 10.1. The molecule has 170 valence electrons. The van der Waals surface area contributed by atoms with Gasteiger partial charge in [0.2, 0.25) is 5.91 Å². The lowest BCUT2D eigenvalue weighted by molar-refractivity contribution is -0.125. The molecule has 0 bridgehead atoms. The molecule has 4 rings (SSSR count). The van der Waals surface area contributed by atoms with Crippen molar-refractivity contribution in [1.82, 2.24) is 4.90 Å². The third kappa shape index (κ3) is 5.10. The Hall–Kier alpha value is -2.93. The normalized spacial score (nSPS) is 18.5. The number of hydrogen-bond donors (Lipinski definition) is 2. The van der Waals surface area contributed by atoms with Crippen LogP contribution in [0.25, 0.3) is 0 Å². The van der Waals surface area contributed by atoms with Crippen molar-refractivity contribution in [3.63, 3.8) is 0 Å². The van der Waals surface area contributed by atoms with E-state index in [1.807, 2.05) is 4.90 Å². The van der Waals surface area contributed by atoms with E-state index >= 15 is 0 Å². The minimum absolute atomic E-state index is 0.0871. The van der Waals surface area contributed by atoms with Crippen LogP contribution in [0.5, 0.6) is 0 Å². The van der Waals surface area contributed by atoms with Gasteiger partial charge in [-0.15, -0.1) is 0 Å². The number of urea groups is 1. The van der Waals surface area contributed by atoms with Crippen LogP contribution in [0.4, 0.5) is 20.6 Å². The molecule has 2 saturated heterocycles. The Morgan fingerprint density at radius 3 is 2.12 bits per heavy atom. The Morgan fingerprint density at radius 1 is 0.875 bits per heavy atom. The molecular weight excluding hydrogens is 409 g/mol. The van der Waals surface area contributed by atoms with Crippen molar-refractivity contribution < 1.29 is 18.7 Å². The summed E-state index contributed by atoms with van der Waals surface area (Å²) in [5, 5.41) is 5.92. The number of carbonyl (C=O) groups excluding carboxylic acids is 2. The SMILES string of the molecule is O=C(Nc1ccc(NC(=O)C2(c3cccc(F)c3)CCOCC2)cc1)N1CCCCCC1. The highest BCUT2D eigenvalue weighted by atomic mass is 19.1. The molecule has 2 fully saturated rings. The molecule has 0 radical (unpaired) electrons. The number of hydrogen-bond acceptors (Lipinski definition) is 3. The van der Waals surface area contributed by atoms with Crippen LogP contribution in [-0.2, 0) is 14.9 Å². The van der Waals surface area contributed by atoms with Crippen LogP contribution < -0.4 is 10.6 Å². The fraction of sp³-hybridized carbons (Fsp3) is 0.440. The maximum Gasteiger partial charge on any atom is 0.321 e. The highest BCUT2D eigenvalue weighted by Crippen LogP contribution is 2.36. The molecule has 2 heterocycles. The molecule has 2 aromatic rings. The number of nitrogens with one attached hydrogen (secondary N) is 2. The Kier molecular flexibility index (Phi) is 7.05. The number of rotatable bonds is 4. The average molecular weight is 440 g/mol. The monoisotopic (exact) mass is 439 g/mol. The van der Waals surface area contributed by atoms with Crippen molar-refractivity contribution >= 4 is 23.3 Å². The third-order valence-electron chi connectivity index (χ3n) is 6.45. The molecule has 3 amide bonds. The molecule has 0 atom stereocenters. The van der Waals surface area contributed by atoms with Crippen molar-refractivity contribution in [1.29, 1.82) is 0 Å². The van der Waals surface area contributed by atoms with Crippen molar-refractivity contribution in [2.75, 3.05) is 36.9 Å². The molecule has 6 nitrogen and oxygen atoms in total. The van der Waals surface area contributed by atoms with Crippen molar-refractivity contribution in [3.8, 4) is 0 Å². The largest absolute Gasteiger partial charge is 0.381 e. The topological polar surface area (TPSA) is 70.7 Å². The van der Waals surface area contributed by atoms with Crippen LogP contribution in [0.1, 0.15) is 44.1 Å². The Morgan fingerprint density at radius 2 is 1.50 bits per heavy atom. The van der Waals surface area contributed by atoms with Gasteiger partial charge in [0.25, 0.3) is 0 Å². The second-order valence-electron chi connectivity index (χ2n) is 8.57. The Labute approximate surface area is 188 Å². The standard InChI is InChI=1S/C25H30FN3O3/c26-20-7-5-6-19(18-20)25(12-16-32-17-13-25)23(30)27-21-8-10-22(11-9-21)28-24(31)29-14-3-1-2-4-15-29/h5-11,18H,1-4,12-17H2,(H,27,30)(H,28,31). The number of anilines is 2. The van der Waals surface area contributed by atoms with E-state index in [1.54, 1.807) is 36.4 Å². The zero-order chi connectivity index (χ0) is 22.4. The van der Waals surface area contributed by atoms with Gasteiger partial charge >= 0.3 is 6.03 Å². The van der Waals surface area contributed by atoms with Crippen molar-refractivity contribution in [2.45, 2.75) is 43.9 Å². The molecule has 0 aromatic heterocycles. The van der Waals surface area contributed by atoms with E-state index in [4.69, 9.17) is 4.74 Å². The Balaban J connectivity index is 1.43. The molecule has 0 saturated carbocycles. The lowest BCUT2D eigenvalue weighted by Crippen LogP contribution is -2.44. The zero-order valence-corrected chi connectivity index (χ0v) is 18.2. The highest BCUT2D eigenvalue weighted by molar-refractivity contribution is 5.99. The van der Waals surface area contributed by atoms with Gasteiger partial charge in [-0.1, -0.05) is 25.0 Å². The maximum absolute atomic E-state index is 13.9. The quantitative estimate of drug-likeness (QED) is 0.710. The highest BCUT2D eigenvalue weighted by Gasteiger charge is 2.42. The van der Waals surface area contributed by atoms with Crippen LogP contribution in [0.2, 0.25) is 0 Å². The molecule has 32 heavy (non-hydrogen) atoms. The van der Waals surface area contributed by atoms with Crippen LogP contribution >= 0.6 is 0 Å². The van der Waals surface area contributed by atoms with Gasteiger partial charge in [-0.05, 0) is 67.6 Å². The molecule has 2 aliphatic rings. The third-order valence-corrected chi connectivity index (χ3v) is 6.45. The summed E-state index contributed by atoms with van der Waals surface area (Å²) in [7, 11) is 0. The fourth-order valence-corrected chi connectivity index (χ4v) is 4.52. The van der Waals surface area contributed by atoms with E-state index < -0.39 is 5.41 Å². The summed E-state index contributed by atoms with van der Waals surface area (Å²) in [4.78, 5) is 27.7. The predicted molar refractivity (Wildman–Crippen MR) is 122 cm³/mol. The van der Waals surface area contributed by atoms with Crippen LogP contribution in [-0.4, -0.2) is 43.1 Å². The first-order chi connectivity index (χ1) is 15.6. The zero-order valence-electron chi connectivity index (χ0n) is 18.2. The van der Waals surface area contributed by atoms with E-state index in [0.29, 0.717) is 43.0 Å². The maximum atomic E-state index is 13.9. The van der Waals surface area contributed by atoms with E-state index in [0.717, 1.165) is 25.9 Å². The van der Waals surface area contributed by atoms with Gasteiger partial charge in [0.05, 0.1) is 5.41 Å².